The topological polar surface area (TPSA) is 15.6 Å². The second-order valence-corrected chi connectivity index (χ2v) is 6.26. The highest BCUT2D eigenvalue weighted by Gasteiger charge is 2.09. The maximum atomic E-state index is 6.14. The van der Waals surface area contributed by atoms with Crippen molar-refractivity contribution < 1.29 is 0 Å². The van der Waals surface area contributed by atoms with Crippen LogP contribution in [0.5, 0.6) is 0 Å². The minimum Gasteiger partial charge on any atom is -0.234 e. The first-order valence-electron chi connectivity index (χ1n) is 7.73. The second-order valence-electron chi connectivity index (χ2n) is 5.39. The minimum absolute atomic E-state index is 0.648. The zero-order valence-electron chi connectivity index (χ0n) is 13.4. The van der Waals surface area contributed by atoms with Gasteiger partial charge in [0.2, 0.25) is 0 Å². The molecule has 0 aromatic heterocycles. The van der Waals surface area contributed by atoms with Gasteiger partial charge in [-0.15, -0.1) is 0 Å². The number of hydrazone groups is 1. The number of halogens is 2. The van der Waals surface area contributed by atoms with E-state index in [1.165, 1.54) is 0 Å². The lowest BCUT2D eigenvalue weighted by molar-refractivity contribution is 1.09. The number of anilines is 2. The van der Waals surface area contributed by atoms with Gasteiger partial charge in [-0.3, -0.25) is 0 Å². The van der Waals surface area contributed by atoms with E-state index in [4.69, 9.17) is 23.2 Å². The van der Waals surface area contributed by atoms with Crippen molar-refractivity contribution in [2.45, 2.75) is 0 Å². The highest BCUT2D eigenvalue weighted by Crippen LogP contribution is 2.29. The summed E-state index contributed by atoms with van der Waals surface area (Å²) in [7, 11) is 0. The second kappa shape index (κ2) is 8.02. The Morgan fingerprint density at radius 3 is 1.76 bits per heavy atom. The highest BCUT2D eigenvalue weighted by atomic mass is 35.5. The fraction of sp³-hybridized carbons (Fsp3) is 0. The van der Waals surface area contributed by atoms with Gasteiger partial charge in [-0.25, -0.2) is 5.01 Å². The van der Waals surface area contributed by atoms with Gasteiger partial charge in [-0.05, 0) is 47.5 Å². The van der Waals surface area contributed by atoms with Gasteiger partial charge in [0.05, 0.1) is 17.6 Å². The van der Waals surface area contributed by atoms with Crippen LogP contribution in [0.15, 0.2) is 84.5 Å². The Labute approximate surface area is 157 Å². The Balaban J connectivity index is 1.98. The fourth-order valence-electron chi connectivity index (χ4n) is 2.34. The van der Waals surface area contributed by atoms with E-state index < -0.39 is 0 Å². The van der Waals surface area contributed by atoms with Crippen LogP contribution in [0.1, 0.15) is 11.1 Å². The molecule has 0 amide bonds. The molecule has 0 unspecified atom stereocenters. The molecule has 0 aliphatic carbocycles. The fourth-order valence-corrected chi connectivity index (χ4v) is 2.71. The van der Waals surface area contributed by atoms with Crippen molar-refractivity contribution in [3.05, 3.63) is 101 Å². The standard InChI is InChI=1S/C21H16Cl2N2/c1-2-16-9-11-17(12-10-16)15-24-25(20-7-3-5-18(22)13-20)21-8-4-6-19(23)14-21/h2-15H,1H2/b24-15+. The Hall–Kier alpha value is -2.55. The third-order valence-electron chi connectivity index (χ3n) is 3.60. The molecule has 0 N–H and O–H groups in total. The summed E-state index contributed by atoms with van der Waals surface area (Å²) in [6, 6.07) is 23.1. The summed E-state index contributed by atoms with van der Waals surface area (Å²) in [4.78, 5) is 0. The van der Waals surface area contributed by atoms with Crippen molar-refractivity contribution in [1.82, 2.24) is 0 Å². The smallest absolute Gasteiger partial charge is 0.0667 e. The van der Waals surface area contributed by atoms with Gasteiger partial charge in [-0.1, -0.05) is 72.3 Å². The van der Waals surface area contributed by atoms with Crippen LogP contribution in [0.2, 0.25) is 10.0 Å². The lowest BCUT2D eigenvalue weighted by Gasteiger charge is -2.19. The summed E-state index contributed by atoms with van der Waals surface area (Å²) in [6.45, 7) is 3.76. The van der Waals surface area contributed by atoms with Crippen molar-refractivity contribution in [1.29, 1.82) is 0 Å². The van der Waals surface area contributed by atoms with Crippen molar-refractivity contribution in [3.63, 3.8) is 0 Å². The van der Waals surface area contributed by atoms with Crippen molar-refractivity contribution in [3.8, 4) is 0 Å². The van der Waals surface area contributed by atoms with Gasteiger partial charge in [0.1, 0.15) is 0 Å². The zero-order chi connectivity index (χ0) is 17.6. The monoisotopic (exact) mass is 366 g/mol. The van der Waals surface area contributed by atoms with Crippen LogP contribution in [0.25, 0.3) is 6.08 Å². The van der Waals surface area contributed by atoms with Gasteiger partial charge in [-0.2, -0.15) is 5.10 Å². The molecule has 25 heavy (non-hydrogen) atoms. The maximum absolute atomic E-state index is 6.14. The van der Waals surface area contributed by atoms with E-state index in [-0.39, 0.29) is 0 Å². The first-order chi connectivity index (χ1) is 12.2. The first kappa shape index (κ1) is 17.3. The molecule has 0 saturated carbocycles. The number of hydrogen-bond donors (Lipinski definition) is 0. The summed E-state index contributed by atoms with van der Waals surface area (Å²) in [5.74, 6) is 0. The van der Waals surface area contributed by atoms with E-state index in [0.29, 0.717) is 10.0 Å². The molecular weight excluding hydrogens is 351 g/mol. The number of benzene rings is 3. The van der Waals surface area contributed by atoms with Gasteiger partial charge in [0.25, 0.3) is 0 Å². The molecule has 124 valence electrons. The highest BCUT2D eigenvalue weighted by molar-refractivity contribution is 6.31. The molecule has 0 aliphatic rings. The van der Waals surface area contributed by atoms with Gasteiger partial charge in [0.15, 0.2) is 0 Å². The van der Waals surface area contributed by atoms with Crippen LogP contribution >= 0.6 is 23.2 Å². The molecule has 3 rings (SSSR count). The number of nitrogens with zero attached hydrogens (tertiary/aromatic N) is 2. The summed E-state index contributed by atoms with van der Waals surface area (Å²) in [5, 5.41) is 7.74. The Morgan fingerprint density at radius 1 is 0.760 bits per heavy atom. The molecule has 0 aliphatic heterocycles. The molecule has 0 heterocycles. The molecular formula is C21H16Cl2N2. The predicted molar refractivity (Wildman–Crippen MR) is 109 cm³/mol. The molecule has 3 aromatic rings. The minimum atomic E-state index is 0.648. The predicted octanol–water partition coefficient (Wildman–Crippen LogP) is 6.81. The Kier molecular flexibility index (Phi) is 5.54. The summed E-state index contributed by atoms with van der Waals surface area (Å²) in [6.07, 6.45) is 3.61. The van der Waals surface area contributed by atoms with Crippen LogP contribution in [-0.4, -0.2) is 6.21 Å². The molecule has 0 spiro atoms. The molecule has 0 bridgehead atoms. The van der Waals surface area contributed by atoms with E-state index in [9.17, 15) is 0 Å². The van der Waals surface area contributed by atoms with Crippen molar-refractivity contribution in [2.75, 3.05) is 5.01 Å². The maximum Gasteiger partial charge on any atom is 0.0667 e. The lowest BCUT2D eigenvalue weighted by Crippen LogP contribution is -2.09. The van der Waals surface area contributed by atoms with Crippen LogP contribution in [0, 0.1) is 0 Å². The van der Waals surface area contributed by atoms with Gasteiger partial charge >= 0.3 is 0 Å². The van der Waals surface area contributed by atoms with Gasteiger partial charge < -0.3 is 0 Å². The lowest BCUT2D eigenvalue weighted by atomic mass is 10.1. The molecule has 0 atom stereocenters. The molecule has 0 radical (unpaired) electrons. The van der Waals surface area contributed by atoms with Gasteiger partial charge in [0, 0.05) is 10.0 Å². The molecule has 4 heteroatoms. The molecule has 3 aromatic carbocycles. The average molecular weight is 367 g/mol. The quantitative estimate of drug-likeness (QED) is 0.357. The SMILES string of the molecule is C=Cc1ccc(/C=N/N(c2cccc(Cl)c2)c2cccc(Cl)c2)cc1. The normalized spacial score (nSPS) is 10.8. The Bertz CT molecular complexity index is 856. The number of hydrogen-bond acceptors (Lipinski definition) is 2. The third kappa shape index (κ3) is 4.50. The van der Waals surface area contributed by atoms with E-state index in [0.717, 1.165) is 22.5 Å². The third-order valence-corrected chi connectivity index (χ3v) is 4.07. The van der Waals surface area contributed by atoms with E-state index in [1.807, 2.05) is 78.9 Å². The van der Waals surface area contributed by atoms with E-state index >= 15 is 0 Å². The first-order valence-corrected chi connectivity index (χ1v) is 8.49. The van der Waals surface area contributed by atoms with Crippen molar-refractivity contribution in [2.24, 2.45) is 5.10 Å². The zero-order valence-corrected chi connectivity index (χ0v) is 15.0. The number of rotatable bonds is 5. The summed E-state index contributed by atoms with van der Waals surface area (Å²) in [5.41, 5.74) is 3.76. The molecule has 2 nitrogen and oxygen atoms in total. The largest absolute Gasteiger partial charge is 0.234 e. The van der Waals surface area contributed by atoms with Crippen molar-refractivity contribution >= 4 is 46.9 Å². The van der Waals surface area contributed by atoms with E-state index in [1.54, 1.807) is 11.2 Å². The van der Waals surface area contributed by atoms with Crippen LogP contribution in [0.4, 0.5) is 11.4 Å². The average Bonchev–Trinajstić information content (AvgIpc) is 2.63. The summed E-state index contributed by atoms with van der Waals surface area (Å²) < 4.78 is 0. The molecule has 0 saturated heterocycles. The Morgan fingerprint density at radius 2 is 1.28 bits per heavy atom. The van der Waals surface area contributed by atoms with Crippen LogP contribution in [0.3, 0.4) is 0 Å². The van der Waals surface area contributed by atoms with E-state index in [2.05, 4.69) is 11.7 Å². The molecule has 0 fully saturated rings. The summed E-state index contributed by atoms with van der Waals surface area (Å²) >= 11 is 12.3. The van der Waals surface area contributed by atoms with Crippen LogP contribution < -0.4 is 5.01 Å². The van der Waals surface area contributed by atoms with Crippen LogP contribution in [-0.2, 0) is 0 Å².